The highest BCUT2D eigenvalue weighted by atomic mass is 15.2. The Bertz CT molecular complexity index is 1430. The Morgan fingerprint density at radius 1 is 0.583 bits per heavy atom. The van der Waals surface area contributed by atoms with Crippen LogP contribution in [0.1, 0.15) is 101 Å². The molecule has 36 heavy (non-hydrogen) atoms. The number of aromatic nitrogens is 2. The molecule has 0 fully saturated rings. The summed E-state index contributed by atoms with van der Waals surface area (Å²) in [5.74, 6) is 0. The summed E-state index contributed by atoms with van der Waals surface area (Å²) in [6.07, 6.45) is 6.38. The van der Waals surface area contributed by atoms with Gasteiger partial charge in [-0.15, -0.1) is 0 Å². The van der Waals surface area contributed by atoms with E-state index in [1.165, 1.54) is 55.4 Å². The predicted octanol–water partition coefficient (Wildman–Crippen LogP) is 8.11. The lowest BCUT2D eigenvalue weighted by Gasteiger charge is -2.19. The Balaban J connectivity index is 1.40. The van der Waals surface area contributed by atoms with E-state index in [-0.39, 0.29) is 10.8 Å². The van der Waals surface area contributed by atoms with Gasteiger partial charge in [0.2, 0.25) is 0 Å². The fraction of sp³-hybridized carbons (Fsp3) is 0.438. The molecule has 2 aliphatic carbocycles. The molecule has 4 heteroatoms. The van der Waals surface area contributed by atoms with Crippen LogP contribution in [0.3, 0.4) is 0 Å². The van der Waals surface area contributed by atoms with E-state index < -0.39 is 0 Å². The number of H-pyrrole nitrogens is 2. The van der Waals surface area contributed by atoms with Crippen LogP contribution >= 0.6 is 0 Å². The number of fused-ring (bicyclic) bond motifs is 6. The zero-order chi connectivity index (χ0) is 25.2. The van der Waals surface area contributed by atoms with Gasteiger partial charge < -0.3 is 9.97 Å². The maximum absolute atomic E-state index is 4.89. The van der Waals surface area contributed by atoms with Crippen LogP contribution in [0.4, 0.5) is 0 Å². The predicted molar refractivity (Wildman–Crippen MR) is 153 cm³/mol. The van der Waals surface area contributed by atoms with Crippen LogP contribution < -0.4 is 0 Å². The van der Waals surface area contributed by atoms with Gasteiger partial charge in [-0.05, 0) is 95.9 Å². The SMILES string of the molecule is CC(C)(C)c1ccc2[nH]c3c(c2c1)CCC/C3=N\N=C1/CCCc2c1[nH]c1ccc(C(C)(C)C)cc21. The minimum Gasteiger partial charge on any atom is -0.353 e. The van der Waals surface area contributed by atoms with Crippen LogP contribution in [0.25, 0.3) is 21.8 Å². The van der Waals surface area contributed by atoms with Crippen molar-refractivity contribution in [1.82, 2.24) is 9.97 Å². The van der Waals surface area contributed by atoms with E-state index in [2.05, 4.69) is 87.9 Å². The van der Waals surface area contributed by atoms with Gasteiger partial charge in [-0.3, -0.25) is 0 Å². The van der Waals surface area contributed by atoms with Crippen LogP contribution in [-0.4, -0.2) is 21.4 Å². The number of rotatable bonds is 1. The molecule has 0 saturated carbocycles. The monoisotopic (exact) mass is 478 g/mol. The Morgan fingerprint density at radius 2 is 1.00 bits per heavy atom. The Kier molecular flexibility index (Phi) is 5.30. The second kappa shape index (κ2) is 8.19. The van der Waals surface area contributed by atoms with E-state index in [9.17, 15) is 0 Å². The average molecular weight is 479 g/mol. The van der Waals surface area contributed by atoms with Crippen LogP contribution in [0, 0.1) is 0 Å². The summed E-state index contributed by atoms with van der Waals surface area (Å²) in [7, 11) is 0. The minimum absolute atomic E-state index is 0.141. The fourth-order valence-corrected chi connectivity index (χ4v) is 5.88. The van der Waals surface area contributed by atoms with Crippen LogP contribution in [0.2, 0.25) is 0 Å². The van der Waals surface area contributed by atoms with E-state index >= 15 is 0 Å². The molecule has 2 aliphatic rings. The van der Waals surface area contributed by atoms with Crippen molar-refractivity contribution >= 4 is 33.2 Å². The molecule has 2 heterocycles. The normalized spacial score (nSPS) is 18.8. The molecule has 4 nitrogen and oxygen atoms in total. The molecular weight excluding hydrogens is 440 g/mol. The van der Waals surface area contributed by atoms with E-state index in [1.807, 2.05) is 0 Å². The van der Waals surface area contributed by atoms with Crippen molar-refractivity contribution in [2.75, 3.05) is 0 Å². The van der Waals surface area contributed by atoms with Gasteiger partial charge in [-0.2, -0.15) is 10.2 Å². The molecule has 2 N–H and O–H groups in total. The number of aromatic amines is 2. The number of benzene rings is 2. The minimum atomic E-state index is 0.141. The van der Waals surface area contributed by atoms with E-state index in [4.69, 9.17) is 10.2 Å². The second-order valence-corrected chi connectivity index (χ2v) is 12.8. The number of nitrogens with one attached hydrogen (secondary N) is 2. The standard InChI is InChI=1S/C32H38N4/c1-31(2,3)19-13-15-25-23(17-19)21-9-7-11-27(29(21)33-25)35-36-28-12-8-10-22-24-18-20(32(4,5)6)14-16-26(24)34-30(22)28/h13-18,33-34H,7-12H2,1-6H3/b35-27+,36-28+. The number of nitrogens with zero attached hydrogens (tertiary/aromatic N) is 2. The Labute approximate surface area is 214 Å². The van der Waals surface area contributed by atoms with E-state index in [1.54, 1.807) is 0 Å². The molecule has 0 amide bonds. The molecule has 0 unspecified atom stereocenters. The molecule has 0 radical (unpaired) electrons. The average Bonchev–Trinajstić information content (AvgIpc) is 3.39. The third-order valence-electron chi connectivity index (χ3n) is 8.09. The molecule has 0 bridgehead atoms. The zero-order valence-corrected chi connectivity index (χ0v) is 22.6. The number of hydrogen-bond donors (Lipinski definition) is 2. The van der Waals surface area contributed by atoms with Crippen molar-refractivity contribution < 1.29 is 0 Å². The molecular formula is C32H38N4. The second-order valence-electron chi connectivity index (χ2n) is 12.8. The lowest BCUT2D eigenvalue weighted by molar-refractivity contribution is 0.591. The summed E-state index contributed by atoms with van der Waals surface area (Å²) in [5.41, 5.74) is 12.8. The first-order valence-electron chi connectivity index (χ1n) is 13.5. The molecule has 2 aromatic carbocycles. The van der Waals surface area contributed by atoms with Gasteiger partial charge in [0.05, 0.1) is 22.8 Å². The van der Waals surface area contributed by atoms with Crippen LogP contribution in [0.5, 0.6) is 0 Å². The highest BCUT2D eigenvalue weighted by Gasteiger charge is 2.25. The summed E-state index contributed by atoms with van der Waals surface area (Å²) < 4.78 is 0. The van der Waals surface area contributed by atoms with Gasteiger partial charge >= 0.3 is 0 Å². The maximum Gasteiger partial charge on any atom is 0.0868 e. The van der Waals surface area contributed by atoms with Gasteiger partial charge in [0.1, 0.15) is 0 Å². The van der Waals surface area contributed by atoms with Crippen molar-refractivity contribution in [2.45, 2.75) is 90.9 Å². The topological polar surface area (TPSA) is 56.3 Å². The number of hydrogen-bond acceptors (Lipinski definition) is 2. The Morgan fingerprint density at radius 3 is 1.39 bits per heavy atom. The van der Waals surface area contributed by atoms with Gasteiger partial charge in [0, 0.05) is 21.8 Å². The largest absolute Gasteiger partial charge is 0.353 e. The van der Waals surface area contributed by atoms with Crippen molar-refractivity contribution in [2.24, 2.45) is 10.2 Å². The van der Waals surface area contributed by atoms with Crippen molar-refractivity contribution in [3.63, 3.8) is 0 Å². The van der Waals surface area contributed by atoms with Crippen molar-refractivity contribution in [3.8, 4) is 0 Å². The number of aryl methyl sites for hydroxylation is 2. The summed E-state index contributed by atoms with van der Waals surface area (Å²) >= 11 is 0. The lowest BCUT2D eigenvalue weighted by atomic mass is 9.85. The highest BCUT2D eigenvalue weighted by molar-refractivity contribution is 6.09. The summed E-state index contributed by atoms with van der Waals surface area (Å²) in [5, 5.41) is 12.5. The molecule has 4 aromatic rings. The molecule has 0 spiro atoms. The molecule has 0 saturated heterocycles. The first-order chi connectivity index (χ1) is 17.1. The van der Waals surface area contributed by atoms with E-state index in [0.717, 1.165) is 49.9 Å². The third-order valence-corrected chi connectivity index (χ3v) is 8.09. The summed E-state index contributed by atoms with van der Waals surface area (Å²) in [4.78, 5) is 7.37. The molecule has 0 atom stereocenters. The smallest absolute Gasteiger partial charge is 0.0868 e. The summed E-state index contributed by atoms with van der Waals surface area (Å²) in [6.45, 7) is 13.7. The lowest BCUT2D eigenvalue weighted by Crippen LogP contribution is -2.14. The fourth-order valence-electron chi connectivity index (χ4n) is 5.88. The van der Waals surface area contributed by atoms with E-state index in [0.29, 0.717) is 0 Å². The first kappa shape index (κ1) is 23.3. The highest BCUT2D eigenvalue weighted by Crippen LogP contribution is 2.35. The molecule has 2 aromatic heterocycles. The van der Waals surface area contributed by atoms with Crippen LogP contribution in [0.15, 0.2) is 46.6 Å². The molecule has 0 aliphatic heterocycles. The van der Waals surface area contributed by atoms with Gasteiger partial charge in [-0.25, -0.2) is 0 Å². The van der Waals surface area contributed by atoms with Crippen molar-refractivity contribution in [1.29, 1.82) is 0 Å². The maximum atomic E-state index is 4.89. The van der Waals surface area contributed by atoms with Crippen molar-refractivity contribution in [3.05, 3.63) is 70.0 Å². The molecule has 6 rings (SSSR count). The molecule has 186 valence electrons. The summed E-state index contributed by atoms with van der Waals surface area (Å²) in [6, 6.07) is 13.7. The quantitative estimate of drug-likeness (QED) is 0.260. The van der Waals surface area contributed by atoms with Gasteiger partial charge in [0.15, 0.2) is 0 Å². The van der Waals surface area contributed by atoms with Gasteiger partial charge in [0.25, 0.3) is 0 Å². The first-order valence-corrected chi connectivity index (χ1v) is 13.5. The van der Waals surface area contributed by atoms with Crippen LogP contribution in [-0.2, 0) is 23.7 Å². The zero-order valence-electron chi connectivity index (χ0n) is 22.6. The Hall–Kier alpha value is -3.14. The van der Waals surface area contributed by atoms with Gasteiger partial charge in [-0.1, -0.05) is 53.7 Å². The third kappa shape index (κ3) is 3.91.